The lowest BCUT2D eigenvalue weighted by Crippen LogP contribution is -2.48. The maximum Gasteiger partial charge on any atom is 0.298 e. The van der Waals surface area contributed by atoms with Crippen LogP contribution in [-0.4, -0.2) is 40.7 Å². The van der Waals surface area contributed by atoms with Gasteiger partial charge in [-0.1, -0.05) is 27.4 Å². The first-order chi connectivity index (χ1) is 9.59. The Bertz CT molecular complexity index is 497. The maximum atomic E-state index is 14.8. The van der Waals surface area contributed by atoms with E-state index in [9.17, 15) is 13.9 Å². The highest BCUT2D eigenvalue weighted by molar-refractivity contribution is 5.92. The molecule has 3 N–H and O–H groups in total. The molecule has 118 valence electrons. The molecule has 0 aromatic carbocycles. The Balaban J connectivity index is 2.35. The molecule has 7 heteroatoms. The third-order valence-electron chi connectivity index (χ3n) is 3.75. The molecule has 0 aromatic heterocycles. The predicted octanol–water partition coefficient (Wildman–Crippen LogP) is 1.66. The Morgan fingerprint density at radius 2 is 2.14 bits per heavy atom. The lowest BCUT2D eigenvalue weighted by molar-refractivity contribution is -0.146. The fraction of sp³-hybridized carbons (Fsp3) is 0.643. The zero-order chi connectivity index (χ0) is 16.0. The molecule has 0 unspecified atom stereocenters. The largest absolute Gasteiger partial charge is 0.394 e. The van der Waals surface area contributed by atoms with E-state index in [0.717, 1.165) is 4.90 Å². The molecule has 21 heavy (non-hydrogen) atoms. The van der Waals surface area contributed by atoms with Crippen molar-refractivity contribution in [3.05, 3.63) is 24.7 Å². The third kappa shape index (κ3) is 2.67. The van der Waals surface area contributed by atoms with Gasteiger partial charge in [-0.15, -0.1) is 0 Å². The van der Waals surface area contributed by atoms with E-state index in [1.54, 1.807) is 20.8 Å². The summed E-state index contributed by atoms with van der Waals surface area (Å²) in [7, 11) is 0. The van der Waals surface area contributed by atoms with E-state index < -0.39 is 36.2 Å². The Kier molecular flexibility index (Phi) is 3.84. The SMILES string of the molecule is C=C1N=C(N)C=CN1[C@@H]1O[C@H](CO)[C@H](C(C)(C)C)C1(F)F. The molecule has 2 aliphatic rings. The first kappa shape index (κ1) is 15.9. The van der Waals surface area contributed by atoms with Gasteiger partial charge in [0.05, 0.1) is 18.6 Å². The highest BCUT2D eigenvalue weighted by Gasteiger charge is 2.64. The summed E-state index contributed by atoms with van der Waals surface area (Å²) < 4.78 is 35.1. The first-order valence-electron chi connectivity index (χ1n) is 6.72. The Morgan fingerprint density at radius 1 is 1.52 bits per heavy atom. The van der Waals surface area contributed by atoms with Gasteiger partial charge in [0.2, 0.25) is 0 Å². The molecule has 0 saturated carbocycles. The van der Waals surface area contributed by atoms with Crippen LogP contribution in [0.25, 0.3) is 0 Å². The maximum absolute atomic E-state index is 14.8. The minimum Gasteiger partial charge on any atom is -0.394 e. The van der Waals surface area contributed by atoms with E-state index in [0.29, 0.717) is 0 Å². The first-order valence-corrected chi connectivity index (χ1v) is 6.72. The number of nitrogens with two attached hydrogens (primary N) is 1. The smallest absolute Gasteiger partial charge is 0.298 e. The van der Waals surface area contributed by atoms with E-state index in [2.05, 4.69) is 11.6 Å². The number of rotatable bonds is 2. The topological polar surface area (TPSA) is 71.1 Å². The molecule has 2 aliphatic heterocycles. The van der Waals surface area contributed by atoms with Crippen molar-refractivity contribution in [2.45, 2.75) is 39.0 Å². The molecule has 0 spiro atoms. The highest BCUT2D eigenvalue weighted by Crippen LogP contribution is 2.51. The quantitative estimate of drug-likeness (QED) is 0.814. The number of halogens is 2. The molecule has 5 nitrogen and oxygen atoms in total. The summed E-state index contributed by atoms with van der Waals surface area (Å²) in [6, 6.07) is 0. The Morgan fingerprint density at radius 3 is 2.57 bits per heavy atom. The Labute approximate surface area is 122 Å². The number of amidine groups is 1. The molecule has 2 rings (SSSR count). The molecule has 0 aromatic rings. The van der Waals surface area contributed by atoms with Crippen molar-refractivity contribution in [1.82, 2.24) is 4.90 Å². The van der Waals surface area contributed by atoms with E-state index in [4.69, 9.17) is 10.5 Å². The van der Waals surface area contributed by atoms with Crippen LogP contribution in [-0.2, 0) is 4.74 Å². The normalized spacial score (nSPS) is 32.5. The standard InChI is InChI=1S/C14H21F2N3O2/c1-8-18-10(17)5-6-19(8)12-14(15,16)11(13(2,3)4)9(7-20)21-12/h5-6,9,11-12,20H,1,7H2,2-4H3,(H2,17,18)/t9-,11-,12-/m1/s1. The second kappa shape index (κ2) is 5.06. The summed E-state index contributed by atoms with van der Waals surface area (Å²) in [4.78, 5) is 5.03. The van der Waals surface area contributed by atoms with Gasteiger partial charge < -0.3 is 20.5 Å². The number of aliphatic hydroxyl groups excluding tert-OH is 1. The van der Waals surface area contributed by atoms with Crippen LogP contribution >= 0.6 is 0 Å². The molecular weight excluding hydrogens is 280 g/mol. The summed E-state index contributed by atoms with van der Waals surface area (Å²) in [5.41, 5.74) is 4.78. The number of aliphatic hydroxyl groups is 1. The van der Waals surface area contributed by atoms with Crippen molar-refractivity contribution in [2.24, 2.45) is 22.1 Å². The van der Waals surface area contributed by atoms with Gasteiger partial charge in [0.25, 0.3) is 5.92 Å². The fourth-order valence-electron chi connectivity index (χ4n) is 2.97. The second-order valence-corrected chi connectivity index (χ2v) is 6.40. The molecule has 2 heterocycles. The number of nitrogens with zero attached hydrogens (tertiary/aromatic N) is 2. The van der Waals surface area contributed by atoms with Crippen molar-refractivity contribution >= 4 is 5.84 Å². The van der Waals surface area contributed by atoms with Gasteiger partial charge in [0.1, 0.15) is 11.7 Å². The van der Waals surface area contributed by atoms with Crippen LogP contribution in [0.4, 0.5) is 8.78 Å². The van der Waals surface area contributed by atoms with Crippen molar-refractivity contribution < 1.29 is 18.6 Å². The summed E-state index contributed by atoms with van der Waals surface area (Å²) in [5.74, 6) is -4.00. The number of alkyl halides is 2. The molecular formula is C14H21F2N3O2. The van der Waals surface area contributed by atoms with Crippen LogP contribution in [0.2, 0.25) is 0 Å². The highest BCUT2D eigenvalue weighted by atomic mass is 19.3. The van der Waals surface area contributed by atoms with Crippen LogP contribution in [0.15, 0.2) is 29.7 Å². The van der Waals surface area contributed by atoms with Crippen LogP contribution in [0.5, 0.6) is 0 Å². The van der Waals surface area contributed by atoms with Gasteiger partial charge in [0.15, 0.2) is 6.23 Å². The zero-order valence-corrected chi connectivity index (χ0v) is 12.4. The average molecular weight is 301 g/mol. The van der Waals surface area contributed by atoms with Gasteiger partial charge >= 0.3 is 0 Å². The average Bonchev–Trinajstić information content (AvgIpc) is 2.60. The number of ether oxygens (including phenoxy) is 1. The molecule has 1 fully saturated rings. The number of hydrogen-bond acceptors (Lipinski definition) is 5. The van der Waals surface area contributed by atoms with Gasteiger partial charge in [-0.25, -0.2) is 13.8 Å². The fourth-order valence-corrected chi connectivity index (χ4v) is 2.97. The Hall–Kier alpha value is -1.47. The van der Waals surface area contributed by atoms with E-state index in [1.165, 1.54) is 12.3 Å². The summed E-state index contributed by atoms with van der Waals surface area (Å²) in [6.07, 6.45) is 0.281. The summed E-state index contributed by atoms with van der Waals surface area (Å²) in [6.45, 7) is 8.27. The molecule has 0 amide bonds. The van der Waals surface area contributed by atoms with Crippen molar-refractivity contribution in [2.75, 3.05) is 6.61 Å². The minimum absolute atomic E-state index is 0.0888. The molecule has 1 saturated heterocycles. The van der Waals surface area contributed by atoms with Crippen LogP contribution in [0.1, 0.15) is 20.8 Å². The van der Waals surface area contributed by atoms with Gasteiger partial charge in [0, 0.05) is 6.20 Å². The minimum atomic E-state index is -3.17. The van der Waals surface area contributed by atoms with Crippen LogP contribution < -0.4 is 5.73 Å². The lowest BCUT2D eigenvalue weighted by Gasteiger charge is -2.36. The van der Waals surface area contributed by atoms with E-state index >= 15 is 0 Å². The number of aliphatic imine (C=N–C) groups is 1. The van der Waals surface area contributed by atoms with Crippen LogP contribution in [0, 0.1) is 11.3 Å². The molecule has 3 atom stereocenters. The zero-order valence-electron chi connectivity index (χ0n) is 12.4. The van der Waals surface area contributed by atoms with Crippen molar-refractivity contribution in [3.8, 4) is 0 Å². The third-order valence-corrected chi connectivity index (χ3v) is 3.75. The molecule has 0 aliphatic carbocycles. The van der Waals surface area contributed by atoms with Crippen molar-refractivity contribution in [3.63, 3.8) is 0 Å². The summed E-state index contributed by atoms with van der Waals surface area (Å²) in [5, 5.41) is 9.39. The lowest BCUT2D eigenvalue weighted by atomic mass is 9.74. The monoisotopic (exact) mass is 301 g/mol. The van der Waals surface area contributed by atoms with E-state index in [-0.39, 0.29) is 11.7 Å². The predicted molar refractivity (Wildman–Crippen MR) is 75.4 cm³/mol. The number of hydrogen-bond donors (Lipinski definition) is 2. The van der Waals surface area contributed by atoms with Crippen LogP contribution in [0.3, 0.4) is 0 Å². The van der Waals surface area contributed by atoms with Gasteiger partial charge in [-0.05, 0) is 11.5 Å². The van der Waals surface area contributed by atoms with E-state index in [1.807, 2.05) is 0 Å². The van der Waals surface area contributed by atoms with Gasteiger partial charge in [-0.3, -0.25) is 0 Å². The summed E-state index contributed by atoms with van der Waals surface area (Å²) >= 11 is 0. The molecule has 0 radical (unpaired) electrons. The second-order valence-electron chi connectivity index (χ2n) is 6.40. The van der Waals surface area contributed by atoms with Crippen molar-refractivity contribution in [1.29, 1.82) is 0 Å². The molecule has 0 bridgehead atoms. The van der Waals surface area contributed by atoms with Gasteiger partial charge in [-0.2, -0.15) is 0 Å².